The molecular formula is C12H17NO2. The Morgan fingerprint density at radius 3 is 2.00 bits per heavy atom. The maximum atomic E-state index is 10.7. The van der Waals surface area contributed by atoms with Gasteiger partial charge >= 0.3 is 5.97 Å². The third-order valence-corrected chi connectivity index (χ3v) is 2.51. The van der Waals surface area contributed by atoms with Crippen LogP contribution in [0.2, 0.25) is 0 Å². The fourth-order valence-electron chi connectivity index (χ4n) is 1.21. The fraction of sp³-hybridized carbons (Fsp3) is 0.417. The SMILES string of the molecule is CN(c1ccc(C(=O)O)cc1)C(C)(C)C. The van der Waals surface area contributed by atoms with E-state index in [-0.39, 0.29) is 5.54 Å². The molecule has 0 aliphatic heterocycles. The van der Waals surface area contributed by atoms with Crippen LogP contribution in [0.5, 0.6) is 0 Å². The number of carboxylic acid groups (broad SMARTS) is 1. The van der Waals surface area contributed by atoms with Crippen molar-refractivity contribution in [1.29, 1.82) is 0 Å². The summed E-state index contributed by atoms with van der Waals surface area (Å²) in [6.45, 7) is 6.33. The first-order chi connectivity index (χ1) is 6.82. The zero-order valence-corrected chi connectivity index (χ0v) is 9.61. The highest BCUT2D eigenvalue weighted by atomic mass is 16.4. The first kappa shape index (κ1) is 11.6. The maximum absolute atomic E-state index is 10.7. The average Bonchev–Trinajstić information content (AvgIpc) is 2.15. The molecular weight excluding hydrogens is 190 g/mol. The lowest BCUT2D eigenvalue weighted by molar-refractivity contribution is 0.0697. The van der Waals surface area contributed by atoms with Gasteiger partial charge in [-0.3, -0.25) is 0 Å². The Morgan fingerprint density at radius 2 is 1.67 bits per heavy atom. The lowest BCUT2D eigenvalue weighted by Gasteiger charge is -2.34. The monoisotopic (exact) mass is 207 g/mol. The van der Waals surface area contributed by atoms with Crippen molar-refractivity contribution in [3.63, 3.8) is 0 Å². The number of hydrogen-bond acceptors (Lipinski definition) is 2. The highest BCUT2D eigenvalue weighted by Crippen LogP contribution is 2.21. The van der Waals surface area contributed by atoms with Gasteiger partial charge in [0, 0.05) is 18.3 Å². The van der Waals surface area contributed by atoms with E-state index >= 15 is 0 Å². The van der Waals surface area contributed by atoms with Crippen molar-refractivity contribution in [2.75, 3.05) is 11.9 Å². The standard InChI is InChI=1S/C12H17NO2/c1-12(2,3)13(4)10-7-5-9(6-8-10)11(14)15/h5-8H,1-4H3,(H,14,15). The number of nitrogens with zero attached hydrogens (tertiary/aromatic N) is 1. The summed E-state index contributed by atoms with van der Waals surface area (Å²) in [5.74, 6) is -0.889. The van der Waals surface area contributed by atoms with E-state index in [1.807, 2.05) is 19.2 Å². The summed E-state index contributed by atoms with van der Waals surface area (Å²) in [6, 6.07) is 6.91. The molecule has 1 N–H and O–H groups in total. The zero-order valence-electron chi connectivity index (χ0n) is 9.61. The van der Waals surface area contributed by atoms with Gasteiger partial charge in [0.25, 0.3) is 0 Å². The molecule has 0 bridgehead atoms. The molecule has 0 aromatic heterocycles. The molecule has 82 valence electrons. The molecule has 0 heterocycles. The normalized spacial score (nSPS) is 11.2. The van der Waals surface area contributed by atoms with Gasteiger partial charge in [-0.05, 0) is 45.0 Å². The number of hydrogen-bond donors (Lipinski definition) is 1. The molecule has 0 aliphatic carbocycles. The predicted octanol–water partition coefficient (Wildman–Crippen LogP) is 2.62. The van der Waals surface area contributed by atoms with Gasteiger partial charge in [0.2, 0.25) is 0 Å². The van der Waals surface area contributed by atoms with Crippen LogP contribution in [0.4, 0.5) is 5.69 Å². The van der Waals surface area contributed by atoms with E-state index in [0.29, 0.717) is 5.56 Å². The van der Waals surface area contributed by atoms with E-state index in [1.165, 1.54) is 0 Å². The molecule has 0 saturated heterocycles. The number of carbonyl (C=O) groups is 1. The van der Waals surface area contributed by atoms with Crippen LogP contribution in [0.25, 0.3) is 0 Å². The van der Waals surface area contributed by atoms with E-state index in [4.69, 9.17) is 5.11 Å². The topological polar surface area (TPSA) is 40.5 Å². The molecule has 0 unspecified atom stereocenters. The van der Waals surface area contributed by atoms with Crippen LogP contribution in [-0.4, -0.2) is 23.7 Å². The van der Waals surface area contributed by atoms with Crippen molar-refractivity contribution < 1.29 is 9.90 Å². The van der Waals surface area contributed by atoms with E-state index in [1.54, 1.807) is 12.1 Å². The quantitative estimate of drug-likeness (QED) is 0.810. The first-order valence-corrected chi connectivity index (χ1v) is 4.89. The summed E-state index contributed by atoms with van der Waals surface area (Å²) in [4.78, 5) is 12.8. The molecule has 3 nitrogen and oxygen atoms in total. The number of aromatic carboxylic acids is 1. The molecule has 0 aliphatic rings. The lowest BCUT2D eigenvalue weighted by atomic mass is 10.1. The van der Waals surface area contributed by atoms with Gasteiger partial charge < -0.3 is 10.0 Å². The maximum Gasteiger partial charge on any atom is 0.335 e. The highest BCUT2D eigenvalue weighted by molar-refractivity contribution is 5.88. The van der Waals surface area contributed by atoms with Crippen LogP contribution in [0, 0.1) is 0 Å². The van der Waals surface area contributed by atoms with Gasteiger partial charge in [-0.2, -0.15) is 0 Å². The van der Waals surface area contributed by atoms with E-state index in [0.717, 1.165) is 5.69 Å². The number of benzene rings is 1. The lowest BCUT2D eigenvalue weighted by Crippen LogP contribution is -2.37. The molecule has 15 heavy (non-hydrogen) atoms. The smallest absolute Gasteiger partial charge is 0.335 e. The van der Waals surface area contributed by atoms with E-state index < -0.39 is 5.97 Å². The summed E-state index contributed by atoms with van der Waals surface area (Å²) in [5, 5.41) is 8.76. The Hall–Kier alpha value is -1.51. The van der Waals surface area contributed by atoms with Crippen LogP contribution in [-0.2, 0) is 0 Å². The molecule has 3 heteroatoms. The van der Waals surface area contributed by atoms with Crippen LogP contribution < -0.4 is 4.90 Å². The molecule has 0 amide bonds. The van der Waals surface area contributed by atoms with Gasteiger partial charge in [-0.1, -0.05) is 0 Å². The van der Waals surface area contributed by atoms with Crippen molar-refractivity contribution in [2.24, 2.45) is 0 Å². The summed E-state index contributed by atoms with van der Waals surface area (Å²) in [5.41, 5.74) is 1.37. The molecule has 0 spiro atoms. The van der Waals surface area contributed by atoms with Gasteiger partial charge in [0.15, 0.2) is 0 Å². The molecule has 1 aromatic rings. The fourth-order valence-corrected chi connectivity index (χ4v) is 1.21. The van der Waals surface area contributed by atoms with Crippen LogP contribution in [0.3, 0.4) is 0 Å². The Labute approximate surface area is 90.3 Å². The van der Waals surface area contributed by atoms with Crippen molar-refractivity contribution in [2.45, 2.75) is 26.3 Å². The second kappa shape index (κ2) is 3.93. The number of rotatable bonds is 2. The molecule has 1 aromatic carbocycles. The Bertz CT molecular complexity index is 349. The number of carboxylic acids is 1. The summed E-state index contributed by atoms with van der Waals surface area (Å²) >= 11 is 0. The largest absolute Gasteiger partial charge is 0.478 e. The van der Waals surface area contributed by atoms with E-state index in [2.05, 4.69) is 25.7 Å². The average molecular weight is 207 g/mol. The summed E-state index contributed by atoms with van der Waals surface area (Å²) in [7, 11) is 2.00. The predicted molar refractivity (Wildman–Crippen MR) is 61.6 cm³/mol. The molecule has 0 atom stereocenters. The van der Waals surface area contributed by atoms with Crippen molar-refractivity contribution in [1.82, 2.24) is 0 Å². The van der Waals surface area contributed by atoms with Crippen molar-refractivity contribution in [3.8, 4) is 0 Å². The first-order valence-electron chi connectivity index (χ1n) is 4.89. The van der Waals surface area contributed by atoms with Gasteiger partial charge in [-0.25, -0.2) is 4.79 Å². The van der Waals surface area contributed by atoms with Crippen molar-refractivity contribution >= 4 is 11.7 Å². The van der Waals surface area contributed by atoms with Crippen molar-refractivity contribution in [3.05, 3.63) is 29.8 Å². The van der Waals surface area contributed by atoms with Gasteiger partial charge in [0.05, 0.1) is 5.56 Å². The van der Waals surface area contributed by atoms with E-state index in [9.17, 15) is 4.79 Å². The second-order valence-electron chi connectivity index (χ2n) is 4.58. The third kappa shape index (κ3) is 2.72. The molecule has 0 fully saturated rings. The number of anilines is 1. The van der Waals surface area contributed by atoms with Crippen LogP contribution >= 0.6 is 0 Å². The minimum atomic E-state index is -0.889. The highest BCUT2D eigenvalue weighted by Gasteiger charge is 2.17. The molecule has 0 saturated carbocycles. The van der Waals surface area contributed by atoms with Gasteiger partial charge in [0.1, 0.15) is 0 Å². The van der Waals surface area contributed by atoms with Crippen LogP contribution in [0.1, 0.15) is 31.1 Å². The third-order valence-electron chi connectivity index (χ3n) is 2.51. The Kier molecular flexibility index (Phi) is 3.03. The minimum Gasteiger partial charge on any atom is -0.478 e. The molecule has 0 radical (unpaired) electrons. The Balaban J connectivity index is 2.94. The molecule has 1 rings (SSSR count). The second-order valence-corrected chi connectivity index (χ2v) is 4.58. The Morgan fingerprint density at radius 1 is 1.20 bits per heavy atom. The summed E-state index contributed by atoms with van der Waals surface area (Å²) in [6.07, 6.45) is 0. The summed E-state index contributed by atoms with van der Waals surface area (Å²) < 4.78 is 0. The van der Waals surface area contributed by atoms with Crippen LogP contribution in [0.15, 0.2) is 24.3 Å². The van der Waals surface area contributed by atoms with Gasteiger partial charge in [-0.15, -0.1) is 0 Å². The minimum absolute atomic E-state index is 0.0325. The zero-order chi connectivity index (χ0) is 11.6.